The number of benzene rings is 1. The highest BCUT2D eigenvalue weighted by atomic mass is 32.1. The second-order valence-corrected chi connectivity index (χ2v) is 6.41. The summed E-state index contributed by atoms with van der Waals surface area (Å²) in [6.45, 7) is 2.12. The molecule has 1 atom stereocenters. The van der Waals surface area contributed by atoms with Crippen LogP contribution in [0.2, 0.25) is 0 Å². The Morgan fingerprint density at radius 1 is 1.32 bits per heavy atom. The zero-order valence-electron chi connectivity index (χ0n) is 11.4. The van der Waals surface area contributed by atoms with Crippen LogP contribution in [0.15, 0.2) is 24.3 Å². The van der Waals surface area contributed by atoms with E-state index in [9.17, 15) is 0 Å². The number of hydrogen-bond acceptors (Lipinski definition) is 4. The lowest BCUT2D eigenvalue weighted by molar-refractivity contribution is 0.316. The Morgan fingerprint density at radius 2 is 2.05 bits per heavy atom. The molecule has 0 amide bonds. The predicted octanol–water partition coefficient (Wildman–Crippen LogP) is 2.64. The van der Waals surface area contributed by atoms with E-state index in [4.69, 9.17) is 5.73 Å². The van der Waals surface area contributed by atoms with Crippen molar-refractivity contribution in [2.75, 3.05) is 12.8 Å². The molecule has 3 N–H and O–H groups in total. The Morgan fingerprint density at radius 3 is 2.74 bits per heavy atom. The molecule has 0 fully saturated rings. The summed E-state index contributed by atoms with van der Waals surface area (Å²) in [5, 5.41) is 4.24. The van der Waals surface area contributed by atoms with E-state index in [1.807, 2.05) is 0 Å². The molecule has 0 spiro atoms. The summed E-state index contributed by atoms with van der Waals surface area (Å²) in [5.41, 5.74) is 9.72. The standard InChI is InChI=1S/C15H19N3S/c1-10-3-5-11(6-4-10)15(17-2)8-7-12-13(9-15)19-14(16)18-12/h3-6,17H,7-9H2,1-2H3,(H2,16,18). The molecule has 4 heteroatoms. The van der Waals surface area contributed by atoms with Gasteiger partial charge in [0.2, 0.25) is 0 Å². The molecule has 1 aliphatic carbocycles. The van der Waals surface area contributed by atoms with Gasteiger partial charge in [-0.25, -0.2) is 4.98 Å². The molecule has 0 aliphatic heterocycles. The van der Waals surface area contributed by atoms with Gasteiger partial charge in [-0.05, 0) is 32.4 Å². The van der Waals surface area contributed by atoms with E-state index in [2.05, 4.69) is 48.5 Å². The van der Waals surface area contributed by atoms with E-state index < -0.39 is 0 Å². The van der Waals surface area contributed by atoms with E-state index in [0.717, 1.165) is 19.3 Å². The normalized spacial score (nSPS) is 22.2. The topological polar surface area (TPSA) is 50.9 Å². The zero-order chi connectivity index (χ0) is 13.5. The molecule has 19 heavy (non-hydrogen) atoms. The van der Waals surface area contributed by atoms with Crippen LogP contribution in [0.5, 0.6) is 0 Å². The minimum Gasteiger partial charge on any atom is -0.375 e. The fourth-order valence-corrected chi connectivity index (χ4v) is 3.90. The van der Waals surface area contributed by atoms with Crippen LogP contribution in [0.4, 0.5) is 5.13 Å². The quantitative estimate of drug-likeness (QED) is 0.884. The molecule has 1 heterocycles. The van der Waals surface area contributed by atoms with Gasteiger partial charge in [-0.3, -0.25) is 0 Å². The highest BCUT2D eigenvalue weighted by Crippen LogP contribution is 2.39. The number of likely N-dealkylation sites (N-methyl/N-ethyl adjacent to an activating group) is 1. The monoisotopic (exact) mass is 273 g/mol. The summed E-state index contributed by atoms with van der Waals surface area (Å²) < 4.78 is 0. The van der Waals surface area contributed by atoms with Gasteiger partial charge in [-0.15, -0.1) is 11.3 Å². The van der Waals surface area contributed by atoms with Gasteiger partial charge in [0.05, 0.1) is 5.69 Å². The highest BCUT2D eigenvalue weighted by Gasteiger charge is 2.36. The number of anilines is 1. The van der Waals surface area contributed by atoms with Crippen molar-refractivity contribution in [2.24, 2.45) is 0 Å². The number of aryl methyl sites for hydroxylation is 2. The molecule has 2 aromatic rings. The lowest BCUT2D eigenvalue weighted by Crippen LogP contribution is -2.44. The Bertz CT molecular complexity index is 588. The fourth-order valence-electron chi connectivity index (χ4n) is 2.91. The second-order valence-electron chi connectivity index (χ2n) is 5.30. The summed E-state index contributed by atoms with van der Waals surface area (Å²) in [7, 11) is 2.05. The number of nitrogens with zero attached hydrogens (tertiary/aromatic N) is 1. The van der Waals surface area contributed by atoms with Gasteiger partial charge in [-0.2, -0.15) is 0 Å². The summed E-state index contributed by atoms with van der Waals surface area (Å²) in [5.74, 6) is 0. The number of hydrogen-bond donors (Lipinski definition) is 2. The molecule has 0 saturated carbocycles. The molecule has 0 saturated heterocycles. The summed E-state index contributed by atoms with van der Waals surface area (Å²) in [6, 6.07) is 8.85. The molecule has 1 unspecified atom stereocenters. The van der Waals surface area contributed by atoms with Gasteiger partial charge in [0, 0.05) is 16.8 Å². The molecular weight excluding hydrogens is 254 g/mol. The number of nitrogens with two attached hydrogens (primary N) is 1. The van der Waals surface area contributed by atoms with Crippen LogP contribution in [0, 0.1) is 6.92 Å². The molecule has 1 aromatic heterocycles. The van der Waals surface area contributed by atoms with Crippen molar-refractivity contribution >= 4 is 16.5 Å². The third-order valence-electron chi connectivity index (χ3n) is 4.13. The molecule has 3 nitrogen and oxygen atoms in total. The molecule has 1 aromatic carbocycles. The minimum atomic E-state index is 0.0275. The van der Waals surface area contributed by atoms with Gasteiger partial charge in [0.25, 0.3) is 0 Å². The molecule has 0 radical (unpaired) electrons. The average molecular weight is 273 g/mol. The molecule has 100 valence electrons. The van der Waals surface area contributed by atoms with Crippen LogP contribution in [-0.2, 0) is 18.4 Å². The minimum absolute atomic E-state index is 0.0275. The maximum absolute atomic E-state index is 5.83. The molecule has 3 rings (SSSR count). The number of fused-ring (bicyclic) bond motifs is 1. The van der Waals surface area contributed by atoms with Crippen LogP contribution in [0.1, 0.15) is 28.1 Å². The van der Waals surface area contributed by atoms with E-state index in [0.29, 0.717) is 5.13 Å². The predicted molar refractivity (Wildman–Crippen MR) is 80.5 cm³/mol. The highest BCUT2D eigenvalue weighted by molar-refractivity contribution is 7.15. The van der Waals surface area contributed by atoms with Gasteiger partial charge in [-0.1, -0.05) is 29.8 Å². The maximum Gasteiger partial charge on any atom is 0.180 e. The fraction of sp³-hybridized carbons (Fsp3) is 0.400. The van der Waals surface area contributed by atoms with Crippen LogP contribution in [0.3, 0.4) is 0 Å². The second kappa shape index (κ2) is 4.62. The van der Waals surface area contributed by atoms with Crippen molar-refractivity contribution in [3.63, 3.8) is 0 Å². The van der Waals surface area contributed by atoms with Crippen molar-refractivity contribution in [3.8, 4) is 0 Å². The van der Waals surface area contributed by atoms with Gasteiger partial charge in [0.15, 0.2) is 5.13 Å². The zero-order valence-corrected chi connectivity index (χ0v) is 12.2. The largest absolute Gasteiger partial charge is 0.375 e. The Labute approximate surface area is 117 Å². The van der Waals surface area contributed by atoms with Crippen molar-refractivity contribution in [1.29, 1.82) is 0 Å². The maximum atomic E-state index is 5.83. The number of rotatable bonds is 2. The third-order valence-corrected chi connectivity index (χ3v) is 5.06. The Hall–Kier alpha value is -1.39. The number of aromatic nitrogens is 1. The van der Waals surface area contributed by atoms with Crippen LogP contribution < -0.4 is 11.1 Å². The molecular formula is C15H19N3S. The Kier molecular flexibility index (Phi) is 3.07. The molecule has 0 bridgehead atoms. The van der Waals surface area contributed by atoms with Crippen LogP contribution in [-0.4, -0.2) is 12.0 Å². The summed E-state index contributed by atoms with van der Waals surface area (Å²) >= 11 is 1.63. The van der Waals surface area contributed by atoms with E-state index in [1.165, 1.54) is 21.7 Å². The third kappa shape index (κ3) is 2.15. The van der Waals surface area contributed by atoms with Gasteiger partial charge in [0.1, 0.15) is 0 Å². The first-order valence-corrected chi connectivity index (χ1v) is 7.45. The number of nitrogen functional groups attached to an aromatic ring is 1. The first-order chi connectivity index (χ1) is 9.13. The van der Waals surface area contributed by atoms with Crippen molar-refractivity contribution in [1.82, 2.24) is 10.3 Å². The SMILES string of the molecule is CNC1(c2ccc(C)cc2)CCc2nc(N)sc2C1. The lowest BCUT2D eigenvalue weighted by Gasteiger charge is -2.37. The van der Waals surface area contributed by atoms with E-state index >= 15 is 0 Å². The van der Waals surface area contributed by atoms with E-state index in [-0.39, 0.29) is 5.54 Å². The average Bonchev–Trinajstić information content (AvgIpc) is 2.78. The van der Waals surface area contributed by atoms with Crippen molar-refractivity contribution in [3.05, 3.63) is 46.0 Å². The van der Waals surface area contributed by atoms with Gasteiger partial charge >= 0.3 is 0 Å². The van der Waals surface area contributed by atoms with Crippen molar-refractivity contribution in [2.45, 2.75) is 31.7 Å². The number of nitrogens with one attached hydrogen (secondary N) is 1. The van der Waals surface area contributed by atoms with Crippen molar-refractivity contribution < 1.29 is 0 Å². The smallest absolute Gasteiger partial charge is 0.180 e. The first-order valence-electron chi connectivity index (χ1n) is 6.63. The van der Waals surface area contributed by atoms with E-state index in [1.54, 1.807) is 11.3 Å². The van der Waals surface area contributed by atoms with Gasteiger partial charge < -0.3 is 11.1 Å². The number of thiazole rings is 1. The Balaban J connectivity index is 1.99. The lowest BCUT2D eigenvalue weighted by atomic mass is 9.78. The van der Waals surface area contributed by atoms with Crippen LogP contribution in [0.25, 0.3) is 0 Å². The summed E-state index contributed by atoms with van der Waals surface area (Å²) in [4.78, 5) is 5.76. The molecule has 1 aliphatic rings. The first kappa shape index (κ1) is 12.6. The van der Waals surface area contributed by atoms with Crippen LogP contribution >= 0.6 is 11.3 Å². The summed E-state index contributed by atoms with van der Waals surface area (Å²) in [6.07, 6.45) is 3.05.